The van der Waals surface area contributed by atoms with E-state index in [0.29, 0.717) is 11.6 Å². The summed E-state index contributed by atoms with van der Waals surface area (Å²) in [5.74, 6) is 0.274. The number of hydrogen-bond acceptors (Lipinski definition) is 2. The van der Waals surface area contributed by atoms with Crippen LogP contribution in [-0.2, 0) is 6.54 Å². The van der Waals surface area contributed by atoms with Gasteiger partial charge in [0.2, 0.25) is 0 Å². The van der Waals surface area contributed by atoms with Crippen LogP contribution >= 0.6 is 11.6 Å². The first-order valence-electron chi connectivity index (χ1n) is 6.30. The molecule has 0 aliphatic carbocycles. The first kappa shape index (κ1) is 17.1. The highest BCUT2D eigenvalue weighted by molar-refractivity contribution is 6.32. The molecule has 1 aromatic carbocycles. The van der Waals surface area contributed by atoms with E-state index in [1.54, 1.807) is 18.2 Å². The van der Waals surface area contributed by atoms with E-state index >= 15 is 0 Å². The molecule has 1 aromatic rings. The lowest BCUT2D eigenvalue weighted by Crippen LogP contribution is -2.35. The quantitative estimate of drug-likeness (QED) is 0.861. The van der Waals surface area contributed by atoms with Gasteiger partial charge in [0.05, 0.1) is 18.1 Å². The minimum absolute atomic E-state index is 0.0195. The van der Waals surface area contributed by atoms with Crippen LogP contribution in [0.1, 0.15) is 32.8 Å². The second kappa shape index (κ2) is 6.68. The molecule has 0 bridgehead atoms. The van der Waals surface area contributed by atoms with Crippen LogP contribution in [-0.4, -0.2) is 18.3 Å². The van der Waals surface area contributed by atoms with E-state index in [1.807, 2.05) is 20.8 Å². The average molecular weight is 310 g/mol. The SMILES string of the molecule is CC(C)(C)NCc1ccc(OCCC(F)(F)F)c(Cl)c1. The molecule has 0 amide bonds. The summed E-state index contributed by atoms with van der Waals surface area (Å²) in [6.45, 7) is 6.34. The van der Waals surface area contributed by atoms with Gasteiger partial charge in [-0.3, -0.25) is 0 Å². The molecule has 0 aliphatic heterocycles. The maximum absolute atomic E-state index is 12.0. The molecule has 0 heterocycles. The van der Waals surface area contributed by atoms with Gasteiger partial charge in [-0.15, -0.1) is 0 Å². The average Bonchev–Trinajstić information content (AvgIpc) is 2.26. The van der Waals surface area contributed by atoms with Crippen molar-refractivity contribution < 1.29 is 17.9 Å². The Morgan fingerprint density at radius 2 is 1.85 bits per heavy atom. The molecule has 1 N–H and O–H groups in total. The summed E-state index contributed by atoms with van der Waals surface area (Å²) in [6, 6.07) is 5.08. The molecule has 0 spiro atoms. The van der Waals surface area contributed by atoms with Crippen LogP contribution < -0.4 is 10.1 Å². The lowest BCUT2D eigenvalue weighted by molar-refractivity contribution is -0.139. The second-order valence-corrected chi connectivity index (χ2v) is 5.99. The predicted octanol–water partition coefficient (Wildman–Crippen LogP) is 4.56. The molecule has 0 aliphatic rings. The molecule has 0 fully saturated rings. The maximum Gasteiger partial charge on any atom is 0.392 e. The van der Waals surface area contributed by atoms with Gasteiger partial charge in [-0.1, -0.05) is 17.7 Å². The van der Waals surface area contributed by atoms with Gasteiger partial charge in [0, 0.05) is 12.1 Å². The third kappa shape index (κ3) is 7.01. The largest absolute Gasteiger partial charge is 0.492 e. The summed E-state index contributed by atoms with van der Waals surface area (Å²) in [7, 11) is 0. The zero-order valence-corrected chi connectivity index (χ0v) is 12.5. The van der Waals surface area contributed by atoms with Gasteiger partial charge in [0.25, 0.3) is 0 Å². The van der Waals surface area contributed by atoms with Crippen LogP contribution in [0.5, 0.6) is 5.75 Å². The molecule has 0 atom stereocenters. The molecule has 0 aromatic heterocycles. The number of alkyl halides is 3. The lowest BCUT2D eigenvalue weighted by Gasteiger charge is -2.20. The summed E-state index contributed by atoms with van der Waals surface area (Å²) in [6.07, 6.45) is -5.21. The molecule has 2 nitrogen and oxygen atoms in total. The van der Waals surface area contributed by atoms with E-state index in [2.05, 4.69) is 5.32 Å². The minimum Gasteiger partial charge on any atom is -0.492 e. The van der Waals surface area contributed by atoms with Crippen molar-refractivity contribution in [1.82, 2.24) is 5.32 Å². The summed E-state index contributed by atoms with van der Waals surface area (Å²) >= 11 is 6.00. The Kier molecular flexibility index (Phi) is 5.71. The van der Waals surface area contributed by atoms with Crippen LogP contribution in [0.2, 0.25) is 5.02 Å². The van der Waals surface area contributed by atoms with Crippen LogP contribution in [0.15, 0.2) is 18.2 Å². The third-order valence-electron chi connectivity index (χ3n) is 2.46. The first-order valence-corrected chi connectivity index (χ1v) is 6.68. The van der Waals surface area contributed by atoms with Gasteiger partial charge in [-0.05, 0) is 38.5 Å². The summed E-state index contributed by atoms with van der Waals surface area (Å²) < 4.78 is 41.1. The van der Waals surface area contributed by atoms with Crippen molar-refractivity contribution in [3.05, 3.63) is 28.8 Å². The van der Waals surface area contributed by atoms with Crippen LogP contribution in [0.3, 0.4) is 0 Å². The number of halogens is 4. The zero-order valence-electron chi connectivity index (χ0n) is 11.8. The molecular formula is C14H19ClF3NO. The van der Waals surface area contributed by atoms with Gasteiger partial charge < -0.3 is 10.1 Å². The van der Waals surface area contributed by atoms with Gasteiger partial charge in [-0.2, -0.15) is 13.2 Å². The molecule has 0 radical (unpaired) electrons. The van der Waals surface area contributed by atoms with Crippen LogP contribution in [0.4, 0.5) is 13.2 Å². The molecule has 6 heteroatoms. The van der Waals surface area contributed by atoms with E-state index in [1.165, 1.54) is 0 Å². The first-order chi connectivity index (χ1) is 9.07. The second-order valence-electron chi connectivity index (χ2n) is 5.58. The fraction of sp³-hybridized carbons (Fsp3) is 0.571. The maximum atomic E-state index is 12.0. The standard InChI is InChI=1S/C14H19ClF3NO/c1-13(2,3)19-9-10-4-5-12(11(15)8-10)20-7-6-14(16,17)18/h4-5,8,19H,6-7,9H2,1-3H3. The Bertz CT molecular complexity index is 441. The molecule has 0 unspecified atom stereocenters. The van der Waals surface area contributed by atoms with E-state index in [4.69, 9.17) is 16.3 Å². The van der Waals surface area contributed by atoms with Crippen molar-refractivity contribution in [1.29, 1.82) is 0 Å². The fourth-order valence-corrected chi connectivity index (χ4v) is 1.67. The topological polar surface area (TPSA) is 21.3 Å². The van der Waals surface area contributed by atoms with Gasteiger partial charge in [-0.25, -0.2) is 0 Å². The smallest absolute Gasteiger partial charge is 0.392 e. The summed E-state index contributed by atoms with van der Waals surface area (Å²) in [5, 5.41) is 3.62. The monoisotopic (exact) mass is 309 g/mol. The Labute approximate surface area is 122 Å². The number of ether oxygens (including phenoxy) is 1. The highest BCUT2D eigenvalue weighted by Crippen LogP contribution is 2.27. The number of hydrogen-bond donors (Lipinski definition) is 1. The van der Waals surface area contributed by atoms with E-state index in [0.717, 1.165) is 5.56 Å². The highest BCUT2D eigenvalue weighted by atomic mass is 35.5. The molecule has 0 saturated carbocycles. The van der Waals surface area contributed by atoms with E-state index in [-0.39, 0.29) is 11.3 Å². The molecule has 1 rings (SSSR count). The highest BCUT2D eigenvalue weighted by Gasteiger charge is 2.27. The Balaban J connectivity index is 2.55. The number of rotatable bonds is 5. The van der Waals surface area contributed by atoms with Crippen LogP contribution in [0, 0.1) is 0 Å². The molecule has 0 saturated heterocycles. The van der Waals surface area contributed by atoms with Crippen LogP contribution in [0.25, 0.3) is 0 Å². The van der Waals surface area contributed by atoms with Crippen molar-refractivity contribution in [2.75, 3.05) is 6.61 Å². The lowest BCUT2D eigenvalue weighted by atomic mass is 10.1. The van der Waals surface area contributed by atoms with Gasteiger partial charge >= 0.3 is 6.18 Å². The van der Waals surface area contributed by atoms with Gasteiger partial charge in [0.1, 0.15) is 5.75 Å². The number of benzene rings is 1. The number of nitrogens with one attached hydrogen (secondary N) is 1. The normalized spacial score (nSPS) is 12.6. The fourth-order valence-electron chi connectivity index (χ4n) is 1.42. The van der Waals surface area contributed by atoms with E-state index in [9.17, 15) is 13.2 Å². The predicted molar refractivity (Wildman–Crippen MR) is 74.2 cm³/mol. The van der Waals surface area contributed by atoms with Gasteiger partial charge in [0.15, 0.2) is 0 Å². The molecule has 114 valence electrons. The third-order valence-corrected chi connectivity index (χ3v) is 2.76. The molecule has 20 heavy (non-hydrogen) atoms. The summed E-state index contributed by atoms with van der Waals surface area (Å²) in [5.41, 5.74) is 0.932. The van der Waals surface area contributed by atoms with E-state index < -0.39 is 19.2 Å². The Morgan fingerprint density at radius 3 is 2.35 bits per heavy atom. The summed E-state index contributed by atoms with van der Waals surface area (Å²) in [4.78, 5) is 0. The Hall–Kier alpha value is -0.940. The van der Waals surface area contributed by atoms with Crippen molar-refractivity contribution in [2.45, 2.75) is 45.5 Å². The van der Waals surface area contributed by atoms with Crippen molar-refractivity contribution in [2.24, 2.45) is 0 Å². The Morgan fingerprint density at radius 1 is 1.20 bits per heavy atom. The van der Waals surface area contributed by atoms with Crippen molar-refractivity contribution in [3.63, 3.8) is 0 Å². The molecular weight excluding hydrogens is 291 g/mol. The zero-order chi connectivity index (χ0) is 15.4. The van der Waals surface area contributed by atoms with Crippen molar-refractivity contribution >= 4 is 11.6 Å². The van der Waals surface area contributed by atoms with Crippen molar-refractivity contribution in [3.8, 4) is 5.75 Å². The minimum atomic E-state index is -4.22.